The third kappa shape index (κ3) is 3.70. The number of fused-ring (bicyclic) bond motifs is 2. The Bertz CT molecular complexity index is 1400. The van der Waals surface area contributed by atoms with E-state index in [1.165, 1.54) is 32.2 Å². The molecule has 1 aliphatic rings. The number of amides is 1. The van der Waals surface area contributed by atoms with Gasteiger partial charge in [-0.25, -0.2) is 13.4 Å². The first kappa shape index (κ1) is 20.8. The number of thiazole rings is 1. The van der Waals surface area contributed by atoms with E-state index >= 15 is 0 Å². The van der Waals surface area contributed by atoms with Gasteiger partial charge in [-0.3, -0.25) is 9.69 Å². The van der Waals surface area contributed by atoms with E-state index in [2.05, 4.69) is 4.98 Å². The molecule has 0 saturated heterocycles. The molecule has 0 aliphatic carbocycles. The van der Waals surface area contributed by atoms with Crippen molar-refractivity contribution >= 4 is 42.6 Å². The largest absolute Gasteiger partial charge is 0.287 e. The topological polar surface area (TPSA) is 70.6 Å². The second kappa shape index (κ2) is 8.12. The molecule has 3 aromatic carbocycles. The van der Waals surface area contributed by atoms with Gasteiger partial charge < -0.3 is 0 Å². The molecular formula is C24H21N3O3S2. The third-order valence-electron chi connectivity index (χ3n) is 5.69. The minimum Gasteiger partial charge on any atom is -0.287 e. The van der Waals surface area contributed by atoms with Gasteiger partial charge in [0.1, 0.15) is 0 Å². The molecule has 0 fully saturated rings. The van der Waals surface area contributed by atoms with Crippen molar-refractivity contribution < 1.29 is 13.2 Å². The summed E-state index contributed by atoms with van der Waals surface area (Å²) in [6.07, 6.45) is 0.675. The Hall–Kier alpha value is -3.07. The summed E-state index contributed by atoms with van der Waals surface area (Å²) in [6.45, 7) is 0.755. The van der Waals surface area contributed by atoms with Gasteiger partial charge in [0.05, 0.1) is 15.1 Å². The number of rotatable bonds is 4. The number of carbonyl (C=O) groups is 1. The highest BCUT2D eigenvalue weighted by Gasteiger charge is 2.29. The second-order valence-electron chi connectivity index (χ2n) is 7.71. The van der Waals surface area contributed by atoms with Crippen LogP contribution >= 0.6 is 11.3 Å². The van der Waals surface area contributed by atoms with Crippen molar-refractivity contribution in [2.24, 2.45) is 0 Å². The third-order valence-corrected chi connectivity index (χ3v) is 8.64. The van der Waals surface area contributed by atoms with Gasteiger partial charge in [-0.1, -0.05) is 53.8 Å². The molecule has 1 amide bonds. The van der Waals surface area contributed by atoms with E-state index in [-0.39, 0.29) is 10.8 Å². The fourth-order valence-electron chi connectivity index (χ4n) is 3.90. The molecule has 0 atom stereocenters. The zero-order valence-corrected chi connectivity index (χ0v) is 19.1. The Labute approximate surface area is 190 Å². The highest BCUT2D eigenvalue weighted by Crippen LogP contribution is 2.29. The average Bonchev–Trinajstić information content (AvgIpc) is 3.27. The summed E-state index contributed by atoms with van der Waals surface area (Å²) in [5.74, 6) is -0.301. The van der Waals surface area contributed by atoms with Crippen molar-refractivity contribution in [2.75, 3.05) is 18.5 Å². The highest BCUT2D eigenvalue weighted by atomic mass is 32.2. The van der Waals surface area contributed by atoms with Crippen molar-refractivity contribution in [3.63, 3.8) is 0 Å². The maximum absolute atomic E-state index is 13.3. The summed E-state index contributed by atoms with van der Waals surface area (Å²) in [6, 6.07) is 21.8. The number of hydrogen-bond acceptors (Lipinski definition) is 5. The second-order valence-corrected chi connectivity index (χ2v) is 10.7. The lowest BCUT2D eigenvalue weighted by Crippen LogP contribution is -2.36. The monoisotopic (exact) mass is 463 g/mol. The SMILES string of the molecule is CN(C(=O)c1cccc(S(=O)(=O)N2CCc3ccccc3C2)c1)c1nc2ccccc2s1. The number of carbonyl (C=O) groups excluding carboxylic acids is 1. The van der Waals surface area contributed by atoms with Crippen molar-refractivity contribution in [3.05, 3.63) is 89.5 Å². The molecule has 0 N–H and O–H groups in total. The van der Waals surface area contributed by atoms with Crippen molar-refractivity contribution in [3.8, 4) is 0 Å². The van der Waals surface area contributed by atoms with Crippen LogP contribution in [0.1, 0.15) is 21.5 Å². The minimum absolute atomic E-state index is 0.125. The molecule has 162 valence electrons. The van der Waals surface area contributed by atoms with E-state index < -0.39 is 10.0 Å². The Morgan fingerprint density at radius 3 is 2.56 bits per heavy atom. The van der Waals surface area contributed by atoms with Crippen LogP contribution in [0.3, 0.4) is 0 Å². The highest BCUT2D eigenvalue weighted by molar-refractivity contribution is 7.89. The van der Waals surface area contributed by atoms with Crippen LogP contribution in [0.2, 0.25) is 0 Å². The normalized spacial score (nSPS) is 14.3. The lowest BCUT2D eigenvalue weighted by Gasteiger charge is -2.28. The first-order valence-corrected chi connectivity index (χ1v) is 12.5. The summed E-state index contributed by atoms with van der Waals surface area (Å²) in [7, 11) is -2.07. The quantitative estimate of drug-likeness (QED) is 0.452. The Morgan fingerprint density at radius 2 is 1.75 bits per heavy atom. The van der Waals surface area contributed by atoms with Gasteiger partial charge in [-0.2, -0.15) is 4.31 Å². The molecule has 0 saturated carbocycles. The van der Waals surface area contributed by atoms with Crippen molar-refractivity contribution in [1.82, 2.24) is 9.29 Å². The van der Waals surface area contributed by atoms with E-state index in [9.17, 15) is 13.2 Å². The van der Waals surface area contributed by atoms with Crippen LogP contribution in [0, 0.1) is 0 Å². The fraction of sp³-hybridized carbons (Fsp3) is 0.167. The Morgan fingerprint density at radius 1 is 1.00 bits per heavy atom. The molecule has 1 aliphatic heterocycles. The van der Waals surface area contributed by atoms with Gasteiger partial charge >= 0.3 is 0 Å². The molecule has 8 heteroatoms. The number of sulfonamides is 1. The average molecular weight is 464 g/mol. The van der Waals surface area contributed by atoms with Gasteiger partial charge in [-0.15, -0.1) is 0 Å². The lowest BCUT2D eigenvalue weighted by molar-refractivity contribution is 0.0993. The maximum atomic E-state index is 13.3. The van der Waals surface area contributed by atoms with E-state index in [4.69, 9.17) is 0 Å². The van der Waals surface area contributed by atoms with Crippen LogP contribution in [-0.2, 0) is 23.0 Å². The molecule has 2 heterocycles. The van der Waals surface area contributed by atoms with E-state index in [0.717, 1.165) is 15.8 Å². The lowest BCUT2D eigenvalue weighted by atomic mass is 10.0. The van der Waals surface area contributed by atoms with Gasteiger partial charge in [-0.05, 0) is 47.9 Å². The first-order chi connectivity index (χ1) is 15.4. The number of aromatic nitrogens is 1. The van der Waals surface area contributed by atoms with Crippen LogP contribution in [0.4, 0.5) is 5.13 Å². The van der Waals surface area contributed by atoms with E-state index in [0.29, 0.717) is 30.2 Å². The van der Waals surface area contributed by atoms with Crippen LogP contribution in [-0.4, -0.2) is 37.2 Å². The molecule has 4 aromatic rings. The van der Waals surface area contributed by atoms with Crippen LogP contribution in [0.15, 0.2) is 77.7 Å². The number of hydrogen-bond donors (Lipinski definition) is 0. The summed E-state index contributed by atoms with van der Waals surface area (Å²) >= 11 is 1.42. The van der Waals surface area contributed by atoms with Crippen LogP contribution < -0.4 is 4.90 Å². The summed E-state index contributed by atoms with van der Waals surface area (Å²) in [5, 5.41) is 0.567. The summed E-state index contributed by atoms with van der Waals surface area (Å²) in [4.78, 5) is 19.2. The zero-order chi connectivity index (χ0) is 22.3. The molecule has 0 unspecified atom stereocenters. The smallest absolute Gasteiger partial charge is 0.259 e. The Kier molecular flexibility index (Phi) is 5.28. The minimum atomic E-state index is -3.72. The Balaban J connectivity index is 1.42. The number of nitrogens with zero attached hydrogens (tertiary/aromatic N) is 3. The van der Waals surface area contributed by atoms with Gasteiger partial charge in [0.15, 0.2) is 5.13 Å². The molecule has 6 nitrogen and oxygen atoms in total. The van der Waals surface area contributed by atoms with Gasteiger partial charge in [0.25, 0.3) is 5.91 Å². The fourth-order valence-corrected chi connectivity index (χ4v) is 6.29. The van der Waals surface area contributed by atoms with Crippen LogP contribution in [0.25, 0.3) is 10.2 Å². The number of para-hydroxylation sites is 1. The summed E-state index contributed by atoms with van der Waals surface area (Å²) in [5.41, 5.74) is 3.34. The molecule has 0 radical (unpaired) electrons. The predicted molar refractivity (Wildman–Crippen MR) is 127 cm³/mol. The standard InChI is InChI=1S/C24H21N3O3S2/c1-26(24-25-21-11-4-5-12-22(21)31-24)23(28)18-9-6-10-20(15-18)32(29,30)27-14-13-17-7-2-3-8-19(17)16-27/h2-12,15H,13-14,16H2,1H3. The maximum Gasteiger partial charge on any atom is 0.259 e. The van der Waals surface area contributed by atoms with E-state index in [1.807, 2.05) is 48.5 Å². The molecule has 1 aromatic heterocycles. The van der Waals surface area contributed by atoms with Crippen molar-refractivity contribution in [2.45, 2.75) is 17.9 Å². The molecule has 32 heavy (non-hydrogen) atoms. The zero-order valence-electron chi connectivity index (χ0n) is 17.4. The molecule has 0 spiro atoms. The molecular weight excluding hydrogens is 442 g/mol. The van der Waals surface area contributed by atoms with Gasteiger partial charge in [0.2, 0.25) is 10.0 Å². The van der Waals surface area contributed by atoms with E-state index in [1.54, 1.807) is 25.2 Å². The van der Waals surface area contributed by atoms with Crippen molar-refractivity contribution in [1.29, 1.82) is 0 Å². The molecule has 5 rings (SSSR count). The molecule has 0 bridgehead atoms. The van der Waals surface area contributed by atoms with Gasteiger partial charge in [0, 0.05) is 25.7 Å². The number of anilines is 1. The predicted octanol–water partition coefficient (Wildman–Crippen LogP) is 4.32. The first-order valence-electron chi connectivity index (χ1n) is 10.2. The van der Waals surface area contributed by atoms with Crippen LogP contribution in [0.5, 0.6) is 0 Å². The number of benzene rings is 3. The summed E-state index contributed by atoms with van der Waals surface area (Å²) < 4.78 is 29.1.